The van der Waals surface area contributed by atoms with Gasteiger partial charge in [-0.05, 0) is 28.1 Å². The molecule has 1 aromatic carbocycles. The molecule has 0 unspecified atom stereocenters. The van der Waals surface area contributed by atoms with Gasteiger partial charge in [0, 0.05) is 10.7 Å². The first-order chi connectivity index (χ1) is 6.91. The summed E-state index contributed by atoms with van der Waals surface area (Å²) in [5.74, 6) is 0.152. The van der Waals surface area contributed by atoms with Crippen LogP contribution in [0, 0.1) is 11.3 Å². The monoisotopic (exact) mass is 309 g/mol. The van der Waals surface area contributed by atoms with Gasteiger partial charge in [0.05, 0.1) is 11.6 Å². The Bertz CT molecular complexity index is 536. The topological polar surface area (TPSA) is 67.2 Å². The van der Waals surface area contributed by atoms with Gasteiger partial charge in [0.2, 0.25) is 0 Å². The first kappa shape index (κ1) is 12.3. The summed E-state index contributed by atoms with van der Waals surface area (Å²) < 4.78 is 27.7. The molecule has 0 atom stereocenters. The highest BCUT2D eigenvalue weighted by atomic mass is 79.9. The second-order valence-electron chi connectivity index (χ2n) is 2.50. The number of nitriles is 1. The molecule has 7 heteroatoms. The Labute approximate surface area is 100.0 Å². The molecule has 0 fully saturated rings. The van der Waals surface area contributed by atoms with Gasteiger partial charge >= 0.3 is 0 Å². The molecule has 0 aliphatic heterocycles. The quantitative estimate of drug-likeness (QED) is 0.786. The van der Waals surface area contributed by atoms with E-state index in [1.54, 1.807) is 6.07 Å². The van der Waals surface area contributed by atoms with Crippen LogP contribution in [0.1, 0.15) is 5.56 Å². The molecule has 80 valence electrons. The summed E-state index contributed by atoms with van der Waals surface area (Å²) in [5, 5.41) is 8.84. The average Bonchev–Trinajstić information content (AvgIpc) is 2.15. The predicted molar refractivity (Wildman–Crippen MR) is 58.4 cm³/mol. The largest absolute Gasteiger partial charge is 0.494 e. The second kappa shape index (κ2) is 4.39. The van der Waals surface area contributed by atoms with E-state index >= 15 is 0 Å². The molecule has 0 heterocycles. The van der Waals surface area contributed by atoms with Gasteiger partial charge in [0.1, 0.15) is 16.5 Å². The third-order valence-electron chi connectivity index (χ3n) is 1.65. The van der Waals surface area contributed by atoms with E-state index in [1.807, 2.05) is 0 Å². The van der Waals surface area contributed by atoms with E-state index in [-0.39, 0.29) is 16.2 Å². The minimum absolute atomic E-state index is 0.109. The van der Waals surface area contributed by atoms with E-state index in [2.05, 4.69) is 15.9 Å². The van der Waals surface area contributed by atoms with Gasteiger partial charge in [-0.3, -0.25) is 0 Å². The minimum atomic E-state index is -3.95. The molecule has 0 aliphatic rings. The van der Waals surface area contributed by atoms with Crippen LogP contribution >= 0.6 is 26.6 Å². The van der Waals surface area contributed by atoms with Crippen molar-refractivity contribution >= 4 is 35.7 Å². The number of hydrogen-bond acceptors (Lipinski definition) is 4. The number of rotatable bonds is 2. The average molecular weight is 311 g/mol. The maximum absolute atomic E-state index is 11.1. The van der Waals surface area contributed by atoms with E-state index in [0.29, 0.717) is 4.47 Å². The summed E-state index contributed by atoms with van der Waals surface area (Å²) in [4.78, 5) is -0.258. The number of nitrogens with zero attached hydrogens (tertiary/aromatic N) is 1. The molecule has 0 aliphatic carbocycles. The molecule has 0 radical (unpaired) electrons. The smallest absolute Gasteiger partial charge is 0.262 e. The summed E-state index contributed by atoms with van der Waals surface area (Å²) in [6.07, 6.45) is 0. The molecule has 1 aromatic rings. The Kier molecular flexibility index (Phi) is 3.60. The van der Waals surface area contributed by atoms with Crippen molar-refractivity contribution in [2.75, 3.05) is 7.11 Å². The van der Waals surface area contributed by atoms with Crippen LogP contribution in [-0.4, -0.2) is 15.5 Å². The van der Waals surface area contributed by atoms with Crippen LogP contribution in [0.2, 0.25) is 0 Å². The number of halogens is 2. The van der Waals surface area contributed by atoms with Crippen LogP contribution in [-0.2, 0) is 9.05 Å². The van der Waals surface area contributed by atoms with E-state index in [1.165, 1.54) is 19.2 Å². The third-order valence-corrected chi connectivity index (χ3v) is 3.64. The Hall–Kier alpha value is -0.770. The first-order valence-electron chi connectivity index (χ1n) is 3.63. The summed E-state index contributed by atoms with van der Waals surface area (Å²) in [7, 11) is 2.57. The molecule has 0 bridgehead atoms. The molecule has 0 amide bonds. The molecular formula is C8H5BrClNO3S. The number of benzene rings is 1. The van der Waals surface area contributed by atoms with Crippen molar-refractivity contribution in [2.24, 2.45) is 0 Å². The summed E-state index contributed by atoms with van der Waals surface area (Å²) in [6.45, 7) is 0. The minimum Gasteiger partial charge on any atom is -0.494 e. The highest BCUT2D eigenvalue weighted by molar-refractivity contribution is 9.10. The molecule has 0 spiro atoms. The lowest BCUT2D eigenvalue weighted by Crippen LogP contribution is -1.99. The van der Waals surface area contributed by atoms with E-state index < -0.39 is 9.05 Å². The van der Waals surface area contributed by atoms with E-state index in [4.69, 9.17) is 20.7 Å². The van der Waals surface area contributed by atoms with Crippen LogP contribution in [0.15, 0.2) is 21.5 Å². The Morgan fingerprint density at radius 2 is 2.13 bits per heavy atom. The van der Waals surface area contributed by atoms with Gasteiger partial charge in [0.25, 0.3) is 9.05 Å². The van der Waals surface area contributed by atoms with Crippen molar-refractivity contribution in [3.05, 3.63) is 22.2 Å². The van der Waals surface area contributed by atoms with Gasteiger partial charge in [-0.2, -0.15) is 5.26 Å². The van der Waals surface area contributed by atoms with Crippen LogP contribution in [0.4, 0.5) is 0 Å². The van der Waals surface area contributed by atoms with Crippen molar-refractivity contribution in [3.63, 3.8) is 0 Å². The van der Waals surface area contributed by atoms with Gasteiger partial charge in [0.15, 0.2) is 5.75 Å². The zero-order chi connectivity index (χ0) is 11.6. The molecular weight excluding hydrogens is 306 g/mol. The van der Waals surface area contributed by atoms with Crippen LogP contribution in [0.5, 0.6) is 5.75 Å². The van der Waals surface area contributed by atoms with E-state index in [9.17, 15) is 8.42 Å². The maximum Gasteiger partial charge on any atom is 0.262 e. The lowest BCUT2D eigenvalue weighted by Gasteiger charge is -2.07. The number of methoxy groups -OCH3 is 1. The molecule has 0 saturated carbocycles. The predicted octanol–water partition coefficient (Wildman–Crippen LogP) is 2.26. The third kappa shape index (κ3) is 2.43. The summed E-state index contributed by atoms with van der Waals surface area (Å²) in [5.41, 5.74) is -0.109. The molecule has 15 heavy (non-hydrogen) atoms. The highest BCUT2D eigenvalue weighted by Gasteiger charge is 2.21. The van der Waals surface area contributed by atoms with Crippen molar-refractivity contribution in [1.82, 2.24) is 0 Å². The Morgan fingerprint density at radius 1 is 1.53 bits per heavy atom. The fourth-order valence-corrected chi connectivity index (χ4v) is 2.54. The van der Waals surface area contributed by atoms with Crippen LogP contribution in [0.25, 0.3) is 0 Å². The fraction of sp³-hybridized carbons (Fsp3) is 0.125. The highest BCUT2D eigenvalue weighted by Crippen LogP contribution is 2.34. The number of ether oxygens (including phenoxy) is 1. The first-order valence-corrected chi connectivity index (χ1v) is 6.73. The molecule has 1 rings (SSSR count). The molecule has 4 nitrogen and oxygen atoms in total. The van der Waals surface area contributed by atoms with Crippen LogP contribution in [0.3, 0.4) is 0 Å². The van der Waals surface area contributed by atoms with Crippen molar-refractivity contribution in [3.8, 4) is 11.8 Å². The van der Waals surface area contributed by atoms with Gasteiger partial charge in [-0.15, -0.1) is 0 Å². The lowest BCUT2D eigenvalue weighted by atomic mass is 10.2. The Balaban J connectivity index is 3.66. The molecule has 0 N–H and O–H groups in total. The Morgan fingerprint density at radius 3 is 2.53 bits per heavy atom. The summed E-state index contributed by atoms with van der Waals surface area (Å²) >= 11 is 3.13. The van der Waals surface area contributed by atoms with E-state index in [0.717, 1.165) is 0 Å². The zero-order valence-corrected chi connectivity index (χ0v) is 10.6. The maximum atomic E-state index is 11.1. The van der Waals surface area contributed by atoms with Crippen molar-refractivity contribution in [1.29, 1.82) is 5.26 Å². The summed E-state index contributed by atoms with van der Waals surface area (Å²) in [6, 6.07) is 4.44. The molecule has 0 saturated heterocycles. The lowest BCUT2D eigenvalue weighted by molar-refractivity contribution is 0.409. The number of hydrogen-bond donors (Lipinski definition) is 0. The van der Waals surface area contributed by atoms with Crippen LogP contribution < -0.4 is 4.74 Å². The molecule has 0 aromatic heterocycles. The SMILES string of the molecule is COc1c(Br)ccc(S(=O)(=O)Cl)c1C#N. The van der Waals surface area contributed by atoms with Crippen molar-refractivity contribution < 1.29 is 13.2 Å². The zero-order valence-electron chi connectivity index (χ0n) is 7.49. The second-order valence-corrected chi connectivity index (χ2v) is 5.89. The van der Waals surface area contributed by atoms with Gasteiger partial charge in [-0.25, -0.2) is 8.42 Å². The van der Waals surface area contributed by atoms with Crippen molar-refractivity contribution in [2.45, 2.75) is 4.90 Å². The standard InChI is InChI=1S/C8H5BrClNO3S/c1-14-8-5(4-11)7(15(10,12)13)3-2-6(8)9/h2-3H,1H3. The fourth-order valence-electron chi connectivity index (χ4n) is 1.05. The normalized spacial score (nSPS) is 10.8. The van der Waals surface area contributed by atoms with Gasteiger partial charge < -0.3 is 4.74 Å². The van der Waals surface area contributed by atoms with Gasteiger partial charge in [-0.1, -0.05) is 0 Å².